The van der Waals surface area contributed by atoms with E-state index in [0.717, 1.165) is 16.8 Å². The van der Waals surface area contributed by atoms with Crippen molar-refractivity contribution in [2.45, 2.75) is 26.8 Å². The summed E-state index contributed by atoms with van der Waals surface area (Å²) in [6.45, 7) is 6.07. The average molecular weight is 226 g/mol. The molecular weight excluding hydrogens is 212 g/mol. The van der Waals surface area contributed by atoms with Crippen LogP contribution >= 0.6 is 0 Å². The van der Waals surface area contributed by atoms with Gasteiger partial charge < -0.3 is 0 Å². The first kappa shape index (κ1) is 11.3. The first-order chi connectivity index (χ1) is 8.15. The highest BCUT2D eigenvalue weighted by Gasteiger charge is 2.17. The molecule has 0 saturated heterocycles. The summed E-state index contributed by atoms with van der Waals surface area (Å²) >= 11 is 0. The highest BCUT2D eigenvalue weighted by molar-refractivity contribution is 5.68. The number of benzene rings is 1. The van der Waals surface area contributed by atoms with E-state index in [-0.39, 0.29) is 6.04 Å². The lowest BCUT2D eigenvalue weighted by Gasteiger charge is -2.11. The molecule has 0 bridgehead atoms. The van der Waals surface area contributed by atoms with E-state index in [1.54, 1.807) is 4.68 Å². The second kappa shape index (κ2) is 4.38. The van der Waals surface area contributed by atoms with E-state index in [1.807, 2.05) is 45.0 Å². The van der Waals surface area contributed by atoms with Gasteiger partial charge in [-0.05, 0) is 26.3 Å². The third kappa shape index (κ3) is 1.92. The molecule has 1 aromatic heterocycles. The van der Waals surface area contributed by atoms with Crippen LogP contribution in [0.3, 0.4) is 0 Å². The van der Waals surface area contributed by atoms with Crippen molar-refractivity contribution in [2.24, 2.45) is 0 Å². The normalized spacial score (nSPS) is 10.5. The Hall–Kier alpha value is -2.15. The zero-order valence-electron chi connectivity index (χ0n) is 10.2. The summed E-state index contributed by atoms with van der Waals surface area (Å²) in [5.41, 5.74) is 3.32. The van der Waals surface area contributed by atoms with Gasteiger partial charge in [-0.3, -0.25) is 0 Å². The molecule has 0 amide bonds. The summed E-state index contributed by atoms with van der Waals surface area (Å²) in [5, 5.41) is 17.1. The largest absolute Gasteiger partial charge is 0.241 e. The Morgan fingerprint density at radius 2 is 2.00 bits per heavy atom. The van der Waals surface area contributed by atoms with E-state index in [4.69, 9.17) is 5.26 Å². The number of aryl methyl sites for hydroxylation is 1. The maximum absolute atomic E-state index is 9.10. The number of hydrogen-bond acceptors (Lipinski definition) is 3. The molecule has 0 atom stereocenters. The quantitative estimate of drug-likeness (QED) is 0.791. The summed E-state index contributed by atoms with van der Waals surface area (Å²) in [4.78, 5) is 0. The van der Waals surface area contributed by atoms with Crippen LogP contribution in [0, 0.1) is 18.3 Å². The topological polar surface area (TPSA) is 54.5 Å². The third-order valence-corrected chi connectivity index (χ3v) is 2.69. The molecule has 0 fully saturated rings. The molecule has 4 nitrogen and oxygen atoms in total. The Morgan fingerprint density at radius 3 is 2.59 bits per heavy atom. The molecule has 0 aliphatic heterocycles. The Balaban J connectivity index is 2.70. The van der Waals surface area contributed by atoms with E-state index < -0.39 is 0 Å². The maximum atomic E-state index is 9.10. The van der Waals surface area contributed by atoms with Crippen LogP contribution in [0.1, 0.15) is 31.1 Å². The average Bonchev–Trinajstić information content (AvgIpc) is 2.73. The molecule has 0 spiro atoms. The third-order valence-electron chi connectivity index (χ3n) is 2.69. The molecule has 86 valence electrons. The van der Waals surface area contributed by atoms with Crippen LogP contribution < -0.4 is 0 Å². The van der Waals surface area contributed by atoms with Crippen LogP contribution in [0.25, 0.3) is 11.3 Å². The minimum Gasteiger partial charge on any atom is -0.241 e. The van der Waals surface area contributed by atoms with Gasteiger partial charge in [0.15, 0.2) is 5.69 Å². The molecule has 0 unspecified atom stereocenters. The van der Waals surface area contributed by atoms with Gasteiger partial charge in [-0.2, -0.15) is 5.26 Å². The van der Waals surface area contributed by atoms with Gasteiger partial charge in [0, 0.05) is 11.6 Å². The standard InChI is InChI=1S/C13H14N4/c1-9(2)17-13(12(8-14)15-16-17)11-7-5-4-6-10(11)3/h4-7,9H,1-3H3. The van der Waals surface area contributed by atoms with E-state index >= 15 is 0 Å². The minimum absolute atomic E-state index is 0.180. The highest BCUT2D eigenvalue weighted by atomic mass is 15.4. The van der Waals surface area contributed by atoms with Gasteiger partial charge in [0.1, 0.15) is 11.8 Å². The van der Waals surface area contributed by atoms with Crippen LogP contribution in [-0.2, 0) is 0 Å². The van der Waals surface area contributed by atoms with Crippen molar-refractivity contribution in [1.29, 1.82) is 5.26 Å². The van der Waals surface area contributed by atoms with Gasteiger partial charge >= 0.3 is 0 Å². The molecule has 0 aliphatic carbocycles. The first-order valence-electron chi connectivity index (χ1n) is 5.56. The predicted octanol–water partition coefficient (Wildman–Crippen LogP) is 2.71. The zero-order chi connectivity index (χ0) is 12.4. The number of nitriles is 1. The van der Waals surface area contributed by atoms with Crippen LogP contribution in [-0.4, -0.2) is 15.0 Å². The van der Waals surface area contributed by atoms with Crippen LogP contribution in [0.15, 0.2) is 24.3 Å². The summed E-state index contributed by atoms with van der Waals surface area (Å²) in [6, 6.07) is 10.2. The SMILES string of the molecule is Cc1ccccc1-c1c(C#N)nnn1C(C)C. The second-order valence-corrected chi connectivity index (χ2v) is 4.25. The van der Waals surface area contributed by atoms with E-state index in [0.29, 0.717) is 5.69 Å². The predicted molar refractivity (Wildman–Crippen MR) is 65.3 cm³/mol. The molecule has 1 aromatic carbocycles. The van der Waals surface area contributed by atoms with Crippen molar-refractivity contribution in [3.05, 3.63) is 35.5 Å². The summed E-state index contributed by atoms with van der Waals surface area (Å²) in [7, 11) is 0. The van der Waals surface area contributed by atoms with Crippen molar-refractivity contribution in [1.82, 2.24) is 15.0 Å². The Kier molecular flexibility index (Phi) is 2.92. The molecule has 2 aromatic rings. The van der Waals surface area contributed by atoms with Crippen molar-refractivity contribution >= 4 is 0 Å². The molecular formula is C13H14N4. The smallest absolute Gasteiger partial charge is 0.190 e. The van der Waals surface area contributed by atoms with Gasteiger partial charge in [0.05, 0.1) is 0 Å². The maximum Gasteiger partial charge on any atom is 0.190 e. The summed E-state index contributed by atoms with van der Waals surface area (Å²) in [6.07, 6.45) is 0. The van der Waals surface area contributed by atoms with Crippen molar-refractivity contribution < 1.29 is 0 Å². The fourth-order valence-electron chi connectivity index (χ4n) is 1.82. The highest BCUT2D eigenvalue weighted by Crippen LogP contribution is 2.27. The van der Waals surface area contributed by atoms with E-state index in [1.165, 1.54) is 0 Å². The van der Waals surface area contributed by atoms with Crippen molar-refractivity contribution in [2.75, 3.05) is 0 Å². The number of nitrogens with zero attached hydrogens (tertiary/aromatic N) is 4. The van der Waals surface area contributed by atoms with Gasteiger partial charge in [0.2, 0.25) is 0 Å². The van der Waals surface area contributed by atoms with Crippen LogP contribution in [0.4, 0.5) is 0 Å². The number of rotatable bonds is 2. The number of hydrogen-bond donors (Lipinski definition) is 0. The Morgan fingerprint density at radius 1 is 1.29 bits per heavy atom. The van der Waals surface area contributed by atoms with Crippen molar-refractivity contribution in [3.8, 4) is 17.3 Å². The van der Waals surface area contributed by atoms with Crippen LogP contribution in [0.5, 0.6) is 0 Å². The monoisotopic (exact) mass is 226 g/mol. The summed E-state index contributed by atoms with van der Waals surface area (Å²) < 4.78 is 1.79. The molecule has 0 aliphatic rings. The molecule has 1 heterocycles. The first-order valence-corrected chi connectivity index (χ1v) is 5.56. The lowest BCUT2D eigenvalue weighted by molar-refractivity contribution is 0.519. The Bertz CT molecular complexity index is 575. The van der Waals surface area contributed by atoms with Gasteiger partial charge in [-0.1, -0.05) is 29.5 Å². The minimum atomic E-state index is 0.180. The second-order valence-electron chi connectivity index (χ2n) is 4.25. The van der Waals surface area contributed by atoms with Crippen molar-refractivity contribution in [3.63, 3.8) is 0 Å². The molecule has 0 saturated carbocycles. The summed E-state index contributed by atoms with van der Waals surface area (Å²) in [5.74, 6) is 0. The zero-order valence-corrected chi connectivity index (χ0v) is 10.2. The molecule has 17 heavy (non-hydrogen) atoms. The fraction of sp³-hybridized carbons (Fsp3) is 0.308. The lowest BCUT2D eigenvalue weighted by Crippen LogP contribution is -2.05. The number of aromatic nitrogens is 3. The lowest BCUT2D eigenvalue weighted by atomic mass is 10.0. The van der Waals surface area contributed by atoms with Gasteiger partial charge in [-0.25, -0.2) is 4.68 Å². The Labute approximate surface area is 101 Å². The fourth-order valence-corrected chi connectivity index (χ4v) is 1.82. The van der Waals surface area contributed by atoms with E-state index in [9.17, 15) is 0 Å². The molecule has 4 heteroatoms. The van der Waals surface area contributed by atoms with Crippen LogP contribution in [0.2, 0.25) is 0 Å². The van der Waals surface area contributed by atoms with Gasteiger partial charge in [0.25, 0.3) is 0 Å². The van der Waals surface area contributed by atoms with Gasteiger partial charge in [-0.15, -0.1) is 5.10 Å². The molecule has 0 radical (unpaired) electrons. The molecule has 2 rings (SSSR count). The van der Waals surface area contributed by atoms with E-state index in [2.05, 4.69) is 16.4 Å². The molecule has 0 N–H and O–H groups in total.